The third-order valence-electron chi connectivity index (χ3n) is 4.75. The van der Waals surface area contributed by atoms with Gasteiger partial charge < -0.3 is 4.74 Å². The maximum atomic E-state index is 13.2. The summed E-state index contributed by atoms with van der Waals surface area (Å²) in [5.41, 5.74) is -0.569. The van der Waals surface area contributed by atoms with Crippen molar-refractivity contribution in [2.24, 2.45) is 14.1 Å². The van der Waals surface area contributed by atoms with Crippen LogP contribution in [0.3, 0.4) is 0 Å². The maximum Gasteiger partial charge on any atom is 0.435 e. The lowest BCUT2D eigenvalue weighted by Gasteiger charge is -2.11. The fraction of sp³-hybridized carbons (Fsp3) is 0.300. The van der Waals surface area contributed by atoms with Gasteiger partial charge in [-0.3, -0.25) is 14.0 Å². The Labute approximate surface area is 174 Å². The average Bonchev–Trinajstić information content (AvgIpc) is 3.30. The Morgan fingerprint density at radius 3 is 2.39 bits per heavy atom. The first-order valence-electron chi connectivity index (χ1n) is 9.39. The smallest absolute Gasteiger partial charge is 0.425 e. The second kappa shape index (κ2) is 7.25. The first-order valence-corrected chi connectivity index (χ1v) is 9.39. The Morgan fingerprint density at radius 2 is 1.77 bits per heavy atom. The van der Waals surface area contributed by atoms with E-state index in [0.29, 0.717) is 22.3 Å². The summed E-state index contributed by atoms with van der Waals surface area (Å²) >= 11 is 0. The van der Waals surface area contributed by atoms with Gasteiger partial charge in [0.2, 0.25) is 0 Å². The third-order valence-corrected chi connectivity index (χ3v) is 4.75. The lowest BCUT2D eigenvalue weighted by atomic mass is 10.1. The monoisotopic (exact) mass is 432 g/mol. The van der Waals surface area contributed by atoms with Crippen LogP contribution in [0.25, 0.3) is 22.2 Å². The number of alkyl halides is 3. The third kappa shape index (κ3) is 3.66. The molecule has 0 unspecified atom stereocenters. The molecule has 0 spiro atoms. The zero-order chi connectivity index (χ0) is 22.5. The Bertz CT molecular complexity index is 1320. The Kier molecular flexibility index (Phi) is 4.83. The van der Waals surface area contributed by atoms with Crippen LogP contribution >= 0.6 is 0 Å². The van der Waals surface area contributed by atoms with Crippen molar-refractivity contribution in [1.82, 2.24) is 29.1 Å². The van der Waals surface area contributed by atoms with Crippen molar-refractivity contribution in [3.05, 3.63) is 52.7 Å². The highest BCUT2D eigenvalue weighted by molar-refractivity contribution is 5.74. The summed E-state index contributed by atoms with van der Waals surface area (Å²) in [6.07, 6.45) is -1.79. The van der Waals surface area contributed by atoms with Gasteiger partial charge in [-0.05, 0) is 31.5 Å². The van der Waals surface area contributed by atoms with Crippen LogP contribution in [0.4, 0.5) is 13.2 Å². The molecule has 0 fully saturated rings. The second-order valence-electron chi connectivity index (χ2n) is 7.37. The summed E-state index contributed by atoms with van der Waals surface area (Å²) in [6.45, 7) is 3.83. The highest BCUT2D eigenvalue weighted by Gasteiger charge is 2.37. The molecule has 0 aliphatic heterocycles. The van der Waals surface area contributed by atoms with E-state index in [0.717, 1.165) is 4.68 Å². The number of aryl methyl sites for hydroxylation is 1. The number of hydrogen-bond acceptors (Lipinski definition) is 5. The number of rotatable bonds is 4. The summed E-state index contributed by atoms with van der Waals surface area (Å²) in [5, 5.41) is 8.10. The zero-order valence-corrected chi connectivity index (χ0v) is 17.2. The molecule has 1 aromatic carbocycles. The van der Waals surface area contributed by atoms with Crippen molar-refractivity contribution in [3.8, 4) is 22.9 Å². The van der Waals surface area contributed by atoms with E-state index in [1.807, 2.05) is 13.8 Å². The predicted octanol–water partition coefficient (Wildman–Crippen LogP) is 3.92. The first-order chi connectivity index (χ1) is 14.6. The molecule has 0 bridgehead atoms. The van der Waals surface area contributed by atoms with Gasteiger partial charge >= 0.3 is 12.2 Å². The van der Waals surface area contributed by atoms with Crippen LogP contribution in [-0.4, -0.2) is 29.1 Å². The molecule has 4 rings (SSSR count). The van der Waals surface area contributed by atoms with Gasteiger partial charge in [0.25, 0.3) is 5.56 Å². The Hall–Kier alpha value is -3.63. The standard InChI is InChI=1S/C20H19F3N6O2/c1-11(2)29-17-14(9-24-29)18(30)28(4)19(25-17)31-13-7-5-12(6-8-13)15-10-27(3)26-16(15)20(21,22)23/h5-11H,1-4H3. The SMILES string of the molecule is CC(C)n1ncc2c(=O)n(C)c(Oc3ccc(-c4cn(C)nc4C(F)(F)F)cc3)nc21. The van der Waals surface area contributed by atoms with Crippen molar-refractivity contribution in [2.45, 2.75) is 26.1 Å². The molecule has 31 heavy (non-hydrogen) atoms. The molecular formula is C20H19F3N6O2. The molecule has 11 heteroatoms. The van der Waals surface area contributed by atoms with E-state index >= 15 is 0 Å². The Balaban J connectivity index is 1.69. The van der Waals surface area contributed by atoms with E-state index in [4.69, 9.17) is 4.74 Å². The van der Waals surface area contributed by atoms with E-state index in [1.165, 1.54) is 55.3 Å². The molecule has 8 nitrogen and oxygen atoms in total. The Morgan fingerprint density at radius 1 is 1.10 bits per heavy atom. The van der Waals surface area contributed by atoms with Gasteiger partial charge in [0, 0.05) is 31.9 Å². The van der Waals surface area contributed by atoms with Crippen LogP contribution in [0.15, 0.2) is 41.5 Å². The van der Waals surface area contributed by atoms with Crippen molar-refractivity contribution >= 4 is 11.0 Å². The van der Waals surface area contributed by atoms with E-state index in [1.54, 1.807) is 4.68 Å². The van der Waals surface area contributed by atoms with Crippen molar-refractivity contribution in [3.63, 3.8) is 0 Å². The van der Waals surface area contributed by atoms with Gasteiger partial charge in [-0.25, -0.2) is 4.68 Å². The molecule has 162 valence electrons. The highest BCUT2D eigenvalue weighted by Crippen LogP contribution is 2.36. The van der Waals surface area contributed by atoms with Gasteiger partial charge in [-0.2, -0.15) is 28.4 Å². The summed E-state index contributed by atoms with van der Waals surface area (Å²) < 4.78 is 49.5. The number of aromatic nitrogens is 6. The minimum absolute atomic E-state index is 0.00782. The predicted molar refractivity (Wildman–Crippen MR) is 107 cm³/mol. The molecular weight excluding hydrogens is 413 g/mol. The largest absolute Gasteiger partial charge is 0.435 e. The number of nitrogens with zero attached hydrogens (tertiary/aromatic N) is 6. The molecule has 0 saturated carbocycles. The second-order valence-corrected chi connectivity index (χ2v) is 7.37. The van der Waals surface area contributed by atoms with E-state index in [-0.39, 0.29) is 23.2 Å². The number of halogens is 3. The number of hydrogen-bond donors (Lipinski definition) is 0. The van der Waals surface area contributed by atoms with Crippen molar-refractivity contribution in [2.75, 3.05) is 0 Å². The van der Waals surface area contributed by atoms with Crippen LogP contribution < -0.4 is 10.3 Å². The lowest BCUT2D eigenvalue weighted by molar-refractivity contribution is -0.140. The van der Waals surface area contributed by atoms with Crippen LogP contribution in [0, 0.1) is 0 Å². The summed E-state index contributed by atoms with van der Waals surface area (Å²) in [4.78, 5) is 17.0. The molecule has 3 heterocycles. The highest BCUT2D eigenvalue weighted by atomic mass is 19.4. The quantitative estimate of drug-likeness (QED) is 0.488. The first kappa shape index (κ1) is 20.6. The van der Waals surface area contributed by atoms with Crippen molar-refractivity contribution in [1.29, 1.82) is 0 Å². The summed E-state index contributed by atoms with van der Waals surface area (Å²) in [6, 6.07) is 6.06. The number of fused-ring (bicyclic) bond motifs is 1. The van der Waals surface area contributed by atoms with Gasteiger partial charge in [-0.15, -0.1) is 0 Å². The molecule has 0 aliphatic carbocycles. The van der Waals surface area contributed by atoms with E-state index in [9.17, 15) is 18.0 Å². The minimum Gasteiger partial charge on any atom is -0.425 e. The van der Waals surface area contributed by atoms with Crippen molar-refractivity contribution < 1.29 is 17.9 Å². The molecule has 0 N–H and O–H groups in total. The molecule has 0 aliphatic rings. The molecule has 0 atom stereocenters. The maximum absolute atomic E-state index is 13.2. The molecule has 4 aromatic rings. The summed E-state index contributed by atoms with van der Waals surface area (Å²) in [5.74, 6) is 0.318. The van der Waals surface area contributed by atoms with Gasteiger partial charge in [-0.1, -0.05) is 12.1 Å². The average molecular weight is 432 g/mol. The van der Waals surface area contributed by atoms with E-state index < -0.39 is 11.9 Å². The topological polar surface area (TPSA) is 79.8 Å². The van der Waals surface area contributed by atoms with Crippen LogP contribution in [0.1, 0.15) is 25.6 Å². The molecule has 0 amide bonds. The fourth-order valence-electron chi connectivity index (χ4n) is 3.24. The van der Waals surface area contributed by atoms with Crippen LogP contribution in [-0.2, 0) is 20.3 Å². The number of benzene rings is 1. The lowest BCUT2D eigenvalue weighted by Crippen LogP contribution is -2.20. The fourth-order valence-corrected chi connectivity index (χ4v) is 3.24. The van der Waals surface area contributed by atoms with Gasteiger partial charge in [0.15, 0.2) is 11.3 Å². The summed E-state index contributed by atoms with van der Waals surface area (Å²) in [7, 11) is 2.96. The molecule has 0 radical (unpaired) electrons. The molecule has 3 aromatic heterocycles. The minimum atomic E-state index is -4.57. The van der Waals surface area contributed by atoms with Crippen LogP contribution in [0.5, 0.6) is 11.8 Å². The normalized spacial score (nSPS) is 12.1. The van der Waals surface area contributed by atoms with E-state index in [2.05, 4.69) is 15.2 Å². The zero-order valence-electron chi connectivity index (χ0n) is 17.2. The van der Waals surface area contributed by atoms with Gasteiger partial charge in [0.05, 0.1) is 6.20 Å². The van der Waals surface area contributed by atoms with Gasteiger partial charge in [0.1, 0.15) is 11.1 Å². The number of ether oxygens (including phenoxy) is 1. The molecule has 0 saturated heterocycles. The van der Waals surface area contributed by atoms with Crippen LogP contribution in [0.2, 0.25) is 0 Å².